The molecule has 5 nitrogen and oxygen atoms in total. The highest BCUT2D eigenvalue weighted by molar-refractivity contribution is 6.11. The van der Waals surface area contributed by atoms with E-state index in [2.05, 4.69) is 0 Å². The fourth-order valence-corrected chi connectivity index (χ4v) is 3.99. The number of hydrogen-bond acceptors (Lipinski definition) is 3. The summed E-state index contributed by atoms with van der Waals surface area (Å²) in [7, 11) is 0. The van der Waals surface area contributed by atoms with Crippen LogP contribution in [-0.4, -0.2) is 31.5 Å². The lowest BCUT2D eigenvalue weighted by Crippen LogP contribution is -2.38. The Morgan fingerprint density at radius 1 is 0.875 bits per heavy atom. The summed E-state index contributed by atoms with van der Waals surface area (Å²) >= 11 is 0. The van der Waals surface area contributed by atoms with Gasteiger partial charge in [-0.1, -0.05) is 55.5 Å². The van der Waals surface area contributed by atoms with Crippen molar-refractivity contribution in [2.75, 3.05) is 29.5 Å². The lowest BCUT2D eigenvalue weighted by molar-refractivity contribution is -0.121. The minimum absolute atomic E-state index is 0.0461. The molecule has 0 aliphatic carbocycles. The molecule has 3 aromatic carbocycles. The van der Waals surface area contributed by atoms with Crippen LogP contribution in [0.1, 0.15) is 30.1 Å². The summed E-state index contributed by atoms with van der Waals surface area (Å²) < 4.78 is 5.78. The van der Waals surface area contributed by atoms with Gasteiger partial charge in [0.25, 0.3) is 5.91 Å². The molecule has 5 heteroatoms. The van der Waals surface area contributed by atoms with Crippen LogP contribution >= 0.6 is 0 Å². The Kier molecular flexibility index (Phi) is 6.85. The zero-order valence-electron chi connectivity index (χ0n) is 18.3. The van der Waals surface area contributed by atoms with Crippen molar-refractivity contribution in [3.8, 4) is 5.75 Å². The molecule has 0 N–H and O–H groups in total. The molecule has 0 spiro atoms. The van der Waals surface area contributed by atoms with E-state index in [9.17, 15) is 9.59 Å². The molecule has 0 saturated heterocycles. The van der Waals surface area contributed by atoms with Gasteiger partial charge < -0.3 is 14.5 Å². The molecular weight excluding hydrogens is 400 g/mol. The predicted molar refractivity (Wildman–Crippen MR) is 127 cm³/mol. The summed E-state index contributed by atoms with van der Waals surface area (Å²) in [5, 5.41) is 0. The standard InChI is InChI=1S/C27H28N2O3/c1-21-20-29(27(31)22-12-4-2-5-13-22)25-17-9-8-16-24(25)28(26(21)30)18-10-11-19-32-23-14-6-3-7-15-23/h2-9,12-17,21H,10-11,18-20H2,1H3. The van der Waals surface area contributed by atoms with Crippen LogP contribution in [0.3, 0.4) is 0 Å². The van der Waals surface area contributed by atoms with Crippen LogP contribution in [0, 0.1) is 5.92 Å². The molecule has 0 saturated carbocycles. The zero-order valence-corrected chi connectivity index (χ0v) is 18.3. The summed E-state index contributed by atoms with van der Waals surface area (Å²) in [6.07, 6.45) is 1.65. The number of ether oxygens (including phenoxy) is 1. The van der Waals surface area contributed by atoms with E-state index in [1.54, 1.807) is 4.90 Å². The third-order valence-corrected chi connectivity index (χ3v) is 5.66. The third-order valence-electron chi connectivity index (χ3n) is 5.66. The van der Waals surface area contributed by atoms with Crippen LogP contribution in [-0.2, 0) is 4.79 Å². The highest BCUT2D eigenvalue weighted by Gasteiger charge is 2.33. The molecule has 3 aromatic rings. The molecule has 1 atom stereocenters. The van der Waals surface area contributed by atoms with E-state index in [-0.39, 0.29) is 17.7 Å². The van der Waals surface area contributed by atoms with E-state index < -0.39 is 0 Å². The number of carbonyl (C=O) groups excluding carboxylic acids is 2. The van der Waals surface area contributed by atoms with E-state index in [0.717, 1.165) is 30.0 Å². The molecule has 1 aliphatic heterocycles. The van der Waals surface area contributed by atoms with E-state index in [1.165, 1.54) is 0 Å². The number of benzene rings is 3. The highest BCUT2D eigenvalue weighted by Crippen LogP contribution is 2.35. The molecule has 164 valence electrons. The van der Waals surface area contributed by atoms with Gasteiger partial charge in [0.05, 0.1) is 23.9 Å². The first-order valence-electron chi connectivity index (χ1n) is 11.1. The molecule has 2 amide bonds. The Hall–Kier alpha value is -3.60. The summed E-state index contributed by atoms with van der Waals surface area (Å²) in [6, 6.07) is 26.6. The van der Waals surface area contributed by atoms with Crippen LogP contribution in [0.25, 0.3) is 0 Å². The Morgan fingerprint density at radius 2 is 1.50 bits per heavy atom. The van der Waals surface area contributed by atoms with E-state index in [1.807, 2.05) is 96.8 Å². The van der Waals surface area contributed by atoms with Gasteiger partial charge in [-0.2, -0.15) is 0 Å². The molecule has 1 unspecified atom stereocenters. The van der Waals surface area contributed by atoms with Crippen molar-refractivity contribution in [1.29, 1.82) is 0 Å². The van der Waals surface area contributed by atoms with Crippen molar-refractivity contribution < 1.29 is 14.3 Å². The fourth-order valence-electron chi connectivity index (χ4n) is 3.99. The summed E-state index contributed by atoms with van der Waals surface area (Å²) in [5.74, 6) is 0.517. The van der Waals surface area contributed by atoms with Gasteiger partial charge in [0.15, 0.2) is 0 Å². The lowest BCUT2D eigenvalue weighted by Gasteiger charge is -2.25. The van der Waals surface area contributed by atoms with E-state index >= 15 is 0 Å². The number of rotatable bonds is 7. The van der Waals surface area contributed by atoms with Crippen molar-refractivity contribution in [2.45, 2.75) is 19.8 Å². The number of nitrogens with zero attached hydrogens (tertiary/aromatic N) is 2. The first-order chi connectivity index (χ1) is 15.6. The average molecular weight is 429 g/mol. The number of anilines is 2. The number of carbonyl (C=O) groups is 2. The highest BCUT2D eigenvalue weighted by atomic mass is 16.5. The van der Waals surface area contributed by atoms with Gasteiger partial charge in [-0.15, -0.1) is 0 Å². The topological polar surface area (TPSA) is 49.9 Å². The van der Waals surface area contributed by atoms with Crippen molar-refractivity contribution in [2.24, 2.45) is 5.92 Å². The van der Waals surface area contributed by atoms with Gasteiger partial charge in [0.1, 0.15) is 5.75 Å². The Balaban J connectivity index is 1.49. The molecule has 32 heavy (non-hydrogen) atoms. The molecule has 1 heterocycles. The second kappa shape index (κ2) is 10.1. The number of hydrogen-bond donors (Lipinski definition) is 0. The van der Waals surface area contributed by atoms with E-state index in [4.69, 9.17) is 4.74 Å². The number of unbranched alkanes of at least 4 members (excludes halogenated alkanes) is 1. The average Bonchev–Trinajstić information content (AvgIpc) is 2.95. The number of amides is 2. The first-order valence-corrected chi connectivity index (χ1v) is 11.1. The van der Waals surface area contributed by atoms with Crippen LogP contribution < -0.4 is 14.5 Å². The lowest BCUT2D eigenvalue weighted by atomic mass is 10.1. The summed E-state index contributed by atoms with van der Waals surface area (Å²) in [6.45, 7) is 3.44. The van der Waals surface area contributed by atoms with E-state index in [0.29, 0.717) is 25.3 Å². The number of fused-ring (bicyclic) bond motifs is 1. The fraction of sp³-hybridized carbons (Fsp3) is 0.259. The zero-order chi connectivity index (χ0) is 22.3. The quantitative estimate of drug-likeness (QED) is 0.488. The normalized spacial score (nSPS) is 15.8. The Labute approximate surface area is 189 Å². The van der Waals surface area contributed by atoms with Gasteiger partial charge in [-0.3, -0.25) is 9.59 Å². The van der Waals surface area contributed by atoms with Crippen molar-refractivity contribution in [3.63, 3.8) is 0 Å². The summed E-state index contributed by atoms with van der Waals surface area (Å²) in [5.41, 5.74) is 2.18. The van der Waals surface area contributed by atoms with Crippen LogP contribution in [0.4, 0.5) is 11.4 Å². The minimum Gasteiger partial charge on any atom is -0.494 e. The van der Waals surface area contributed by atoms with Crippen LogP contribution in [0.15, 0.2) is 84.9 Å². The van der Waals surface area contributed by atoms with Crippen LogP contribution in [0.5, 0.6) is 5.75 Å². The Bertz CT molecular complexity index is 1050. The molecule has 4 rings (SSSR count). The summed E-state index contributed by atoms with van der Waals surface area (Å²) in [4.78, 5) is 30.1. The molecule has 0 radical (unpaired) electrons. The maximum atomic E-state index is 13.3. The second-order valence-corrected chi connectivity index (χ2v) is 8.03. The molecule has 1 aliphatic rings. The second-order valence-electron chi connectivity index (χ2n) is 8.03. The van der Waals surface area contributed by atoms with Crippen LogP contribution in [0.2, 0.25) is 0 Å². The van der Waals surface area contributed by atoms with Gasteiger partial charge >= 0.3 is 0 Å². The SMILES string of the molecule is CC1CN(C(=O)c2ccccc2)c2ccccc2N(CCCCOc2ccccc2)C1=O. The Morgan fingerprint density at radius 3 is 2.22 bits per heavy atom. The molecule has 0 aromatic heterocycles. The van der Waals surface area contributed by atoms with Crippen molar-refractivity contribution >= 4 is 23.2 Å². The van der Waals surface area contributed by atoms with Gasteiger partial charge in [0, 0.05) is 18.7 Å². The molecule has 0 fully saturated rings. The minimum atomic E-state index is -0.296. The predicted octanol–water partition coefficient (Wildman–Crippen LogP) is 5.18. The van der Waals surface area contributed by atoms with Crippen molar-refractivity contribution in [3.05, 3.63) is 90.5 Å². The van der Waals surface area contributed by atoms with Gasteiger partial charge in [-0.25, -0.2) is 0 Å². The molecular formula is C27H28N2O3. The van der Waals surface area contributed by atoms with Gasteiger partial charge in [-0.05, 0) is 49.2 Å². The van der Waals surface area contributed by atoms with Gasteiger partial charge in [0.2, 0.25) is 5.91 Å². The van der Waals surface area contributed by atoms with Crippen molar-refractivity contribution in [1.82, 2.24) is 0 Å². The maximum Gasteiger partial charge on any atom is 0.258 e. The smallest absolute Gasteiger partial charge is 0.258 e. The maximum absolute atomic E-state index is 13.3. The molecule has 0 bridgehead atoms. The third kappa shape index (κ3) is 4.83. The first kappa shape index (κ1) is 21.6. The number of para-hydroxylation sites is 3. The monoisotopic (exact) mass is 428 g/mol. The largest absolute Gasteiger partial charge is 0.494 e.